The Hall–Kier alpha value is -0.770. The van der Waals surface area contributed by atoms with E-state index in [1.165, 1.54) is 25.7 Å². The smallest absolute Gasteiger partial charge is 0.0487 e. The molecule has 5 nitrogen and oxygen atoms in total. The summed E-state index contributed by atoms with van der Waals surface area (Å²) < 4.78 is 11.0. The lowest BCUT2D eigenvalue weighted by molar-refractivity contribution is 0.0796. The first-order valence-corrected chi connectivity index (χ1v) is 7.58. The van der Waals surface area contributed by atoms with Crippen LogP contribution in [0.15, 0.2) is 5.11 Å². The van der Waals surface area contributed by atoms with Gasteiger partial charge in [-0.2, -0.15) is 0 Å². The molecule has 0 radical (unpaired) electrons. The van der Waals surface area contributed by atoms with Gasteiger partial charge in [-0.05, 0) is 31.2 Å². The molecule has 0 heterocycles. The Morgan fingerprint density at radius 1 is 0.789 bits per heavy atom. The van der Waals surface area contributed by atoms with Crippen molar-refractivity contribution in [2.24, 2.45) is 5.11 Å². The summed E-state index contributed by atoms with van der Waals surface area (Å²) in [5.41, 5.74) is 8.09. The van der Waals surface area contributed by atoms with Crippen LogP contribution in [0, 0.1) is 0 Å². The summed E-state index contributed by atoms with van der Waals surface area (Å²) in [6.45, 7) is 6.10. The Bertz CT molecular complexity index is 219. The standard InChI is InChI=1S/C14H29N3O2/c1-2-3-4-7-11-18-13-9-14-19-12-8-5-6-10-16-17-15/h2-14H2,1H3. The molecule has 0 N–H and O–H groups in total. The highest BCUT2D eigenvalue weighted by molar-refractivity contribution is 4.48. The van der Waals surface area contributed by atoms with E-state index in [1.54, 1.807) is 0 Å². The SMILES string of the molecule is CCCCCCOCCCOCCCCCN=[N+]=[N-]. The molecule has 112 valence electrons. The minimum atomic E-state index is 0.600. The fourth-order valence-electron chi connectivity index (χ4n) is 1.71. The third kappa shape index (κ3) is 17.2. The molecule has 0 saturated carbocycles. The zero-order valence-electron chi connectivity index (χ0n) is 12.4. The van der Waals surface area contributed by atoms with Crippen LogP contribution in [0.3, 0.4) is 0 Å². The maximum Gasteiger partial charge on any atom is 0.0487 e. The number of hydrogen-bond donors (Lipinski definition) is 0. The number of azide groups is 1. The van der Waals surface area contributed by atoms with Crippen molar-refractivity contribution in [1.29, 1.82) is 0 Å². The topological polar surface area (TPSA) is 67.2 Å². The molecule has 0 spiro atoms. The molecule has 0 atom stereocenters. The van der Waals surface area contributed by atoms with Crippen molar-refractivity contribution in [3.63, 3.8) is 0 Å². The van der Waals surface area contributed by atoms with Crippen LogP contribution in [-0.2, 0) is 9.47 Å². The maximum absolute atomic E-state index is 8.09. The fraction of sp³-hybridized carbons (Fsp3) is 1.00. The molecule has 19 heavy (non-hydrogen) atoms. The van der Waals surface area contributed by atoms with E-state index in [4.69, 9.17) is 15.0 Å². The van der Waals surface area contributed by atoms with E-state index in [1.807, 2.05) is 0 Å². The molecule has 0 rings (SSSR count). The molecular weight excluding hydrogens is 242 g/mol. The zero-order valence-corrected chi connectivity index (χ0v) is 12.4. The Kier molecular flexibility index (Phi) is 16.5. The Labute approximate surface area is 117 Å². The molecular formula is C14H29N3O2. The minimum Gasteiger partial charge on any atom is -0.381 e. The maximum atomic E-state index is 8.09. The molecule has 0 aliphatic rings. The molecule has 0 aromatic carbocycles. The van der Waals surface area contributed by atoms with Gasteiger partial charge in [0.2, 0.25) is 0 Å². The number of unbranched alkanes of at least 4 members (excludes halogenated alkanes) is 5. The van der Waals surface area contributed by atoms with E-state index in [9.17, 15) is 0 Å². The highest BCUT2D eigenvalue weighted by Crippen LogP contribution is 2.00. The Morgan fingerprint density at radius 3 is 1.95 bits per heavy atom. The first-order chi connectivity index (χ1) is 9.41. The van der Waals surface area contributed by atoms with Crippen molar-refractivity contribution in [2.75, 3.05) is 33.0 Å². The normalized spacial score (nSPS) is 10.4. The second kappa shape index (κ2) is 17.2. The largest absolute Gasteiger partial charge is 0.381 e. The van der Waals surface area contributed by atoms with Crippen LogP contribution in [0.25, 0.3) is 10.4 Å². The van der Waals surface area contributed by atoms with E-state index in [0.717, 1.165) is 52.1 Å². The molecule has 0 fully saturated rings. The molecule has 0 bridgehead atoms. The van der Waals surface area contributed by atoms with Crippen LogP contribution in [0.2, 0.25) is 0 Å². The summed E-state index contributed by atoms with van der Waals surface area (Å²) in [5, 5.41) is 3.49. The van der Waals surface area contributed by atoms with Crippen LogP contribution in [0.5, 0.6) is 0 Å². The molecule has 0 unspecified atom stereocenters. The fourth-order valence-corrected chi connectivity index (χ4v) is 1.71. The first-order valence-electron chi connectivity index (χ1n) is 7.58. The van der Waals surface area contributed by atoms with Gasteiger partial charge in [0.1, 0.15) is 0 Å². The molecule has 0 amide bonds. The average Bonchev–Trinajstić information content (AvgIpc) is 2.43. The summed E-state index contributed by atoms with van der Waals surface area (Å²) in [6, 6.07) is 0. The van der Waals surface area contributed by atoms with Gasteiger partial charge < -0.3 is 9.47 Å². The van der Waals surface area contributed by atoms with E-state index in [-0.39, 0.29) is 0 Å². The van der Waals surface area contributed by atoms with Crippen molar-refractivity contribution in [2.45, 2.75) is 58.3 Å². The van der Waals surface area contributed by atoms with Crippen LogP contribution in [0.1, 0.15) is 58.3 Å². The lowest BCUT2D eigenvalue weighted by Crippen LogP contribution is -2.03. The van der Waals surface area contributed by atoms with Crippen LogP contribution in [-0.4, -0.2) is 33.0 Å². The molecule has 0 saturated heterocycles. The third-order valence-electron chi connectivity index (χ3n) is 2.83. The van der Waals surface area contributed by atoms with Gasteiger partial charge in [0.15, 0.2) is 0 Å². The number of nitrogens with zero attached hydrogens (tertiary/aromatic N) is 3. The zero-order chi connectivity index (χ0) is 14.0. The third-order valence-corrected chi connectivity index (χ3v) is 2.83. The lowest BCUT2D eigenvalue weighted by atomic mass is 10.2. The Morgan fingerprint density at radius 2 is 1.37 bits per heavy atom. The van der Waals surface area contributed by atoms with E-state index >= 15 is 0 Å². The van der Waals surface area contributed by atoms with Crippen LogP contribution in [0.4, 0.5) is 0 Å². The van der Waals surface area contributed by atoms with Gasteiger partial charge in [0.25, 0.3) is 0 Å². The van der Waals surface area contributed by atoms with Gasteiger partial charge in [0, 0.05) is 37.9 Å². The van der Waals surface area contributed by atoms with Gasteiger partial charge in [-0.1, -0.05) is 37.7 Å². The summed E-state index contributed by atoms with van der Waals surface area (Å²) in [7, 11) is 0. The highest BCUT2D eigenvalue weighted by Gasteiger charge is 1.92. The van der Waals surface area contributed by atoms with E-state index < -0.39 is 0 Å². The van der Waals surface area contributed by atoms with Gasteiger partial charge in [-0.3, -0.25) is 0 Å². The minimum absolute atomic E-state index is 0.600. The predicted molar refractivity (Wildman–Crippen MR) is 78.3 cm³/mol. The van der Waals surface area contributed by atoms with Crippen molar-refractivity contribution in [3.05, 3.63) is 10.4 Å². The van der Waals surface area contributed by atoms with Gasteiger partial charge in [-0.25, -0.2) is 0 Å². The summed E-state index contributed by atoms with van der Waals surface area (Å²) in [6.07, 6.45) is 9.08. The second-order valence-corrected chi connectivity index (χ2v) is 4.65. The van der Waals surface area contributed by atoms with Crippen LogP contribution >= 0.6 is 0 Å². The van der Waals surface area contributed by atoms with E-state index in [2.05, 4.69) is 16.9 Å². The number of rotatable bonds is 15. The van der Waals surface area contributed by atoms with Crippen molar-refractivity contribution < 1.29 is 9.47 Å². The molecule has 0 aliphatic carbocycles. The highest BCUT2D eigenvalue weighted by atomic mass is 16.5. The molecule has 0 aromatic rings. The van der Waals surface area contributed by atoms with Crippen molar-refractivity contribution in [3.8, 4) is 0 Å². The summed E-state index contributed by atoms with van der Waals surface area (Å²) in [5.74, 6) is 0. The monoisotopic (exact) mass is 271 g/mol. The summed E-state index contributed by atoms with van der Waals surface area (Å²) in [4.78, 5) is 2.71. The average molecular weight is 271 g/mol. The lowest BCUT2D eigenvalue weighted by Gasteiger charge is -2.05. The van der Waals surface area contributed by atoms with E-state index in [0.29, 0.717) is 6.54 Å². The van der Waals surface area contributed by atoms with Crippen molar-refractivity contribution >= 4 is 0 Å². The van der Waals surface area contributed by atoms with Gasteiger partial charge >= 0.3 is 0 Å². The van der Waals surface area contributed by atoms with Crippen molar-refractivity contribution in [1.82, 2.24) is 0 Å². The Balaban J connectivity index is 2.93. The first kappa shape index (κ1) is 18.2. The number of hydrogen-bond acceptors (Lipinski definition) is 3. The molecule has 0 aromatic heterocycles. The molecule has 0 aliphatic heterocycles. The second-order valence-electron chi connectivity index (χ2n) is 4.65. The number of ether oxygens (including phenoxy) is 2. The quantitative estimate of drug-likeness (QED) is 0.191. The molecule has 5 heteroatoms. The van der Waals surface area contributed by atoms with Gasteiger partial charge in [-0.15, -0.1) is 0 Å². The predicted octanol–water partition coefficient (Wildman–Crippen LogP) is 4.47. The van der Waals surface area contributed by atoms with Gasteiger partial charge in [0.05, 0.1) is 0 Å². The summed E-state index contributed by atoms with van der Waals surface area (Å²) >= 11 is 0. The van der Waals surface area contributed by atoms with Crippen LogP contribution < -0.4 is 0 Å².